The number of carboxylic acids is 1. The molecule has 0 fully saturated rings. The van der Waals surface area contributed by atoms with Crippen LogP contribution in [0.3, 0.4) is 0 Å². The summed E-state index contributed by atoms with van der Waals surface area (Å²) in [5.41, 5.74) is 1.71. The van der Waals surface area contributed by atoms with E-state index < -0.39 is 11.9 Å². The zero-order valence-corrected chi connectivity index (χ0v) is 11.3. The maximum absolute atomic E-state index is 11.0. The maximum atomic E-state index is 11.0. The quantitative estimate of drug-likeness (QED) is 0.846. The molecule has 4 heteroatoms. The molecule has 1 aromatic carbocycles. The molecule has 20 heavy (non-hydrogen) atoms. The van der Waals surface area contributed by atoms with Gasteiger partial charge >= 0.3 is 5.97 Å². The molecule has 1 unspecified atom stereocenters. The van der Waals surface area contributed by atoms with Crippen molar-refractivity contribution in [2.75, 3.05) is 18.0 Å². The lowest BCUT2D eigenvalue weighted by Gasteiger charge is -2.25. The number of terminal acetylenes is 1. The van der Waals surface area contributed by atoms with Crippen LogP contribution in [0, 0.1) is 18.3 Å². The highest BCUT2D eigenvalue weighted by Crippen LogP contribution is 2.25. The van der Waals surface area contributed by atoms with E-state index in [2.05, 4.69) is 10.9 Å². The molecule has 2 rings (SSSR count). The Morgan fingerprint density at radius 2 is 2.20 bits per heavy atom. The van der Waals surface area contributed by atoms with Crippen LogP contribution in [0.2, 0.25) is 0 Å². The van der Waals surface area contributed by atoms with Crippen LogP contribution in [0.5, 0.6) is 0 Å². The Morgan fingerprint density at radius 1 is 1.45 bits per heavy atom. The van der Waals surface area contributed by atoms with Gasteiger partial charge in [-0.3, -0.25) is 9.78 Å². The number of anilines is 1. The molecule has 1 heterocycles. The van der Waals surface area contributed by atoms with Crippen molar-refractivity contribution in [2.45, 2.75) is 6.92 Å². The van der Waals surface area contributed by atoms with Crippen molar-refractivity contribution >= 4 is 22.6 Å². The van der Waals surface area contributed by atoms with Crippen LogP contribution in [0.15, 0.2) is 36.5 Å². The van der Waals surface area contributed by atoms with Crippen LogP contribution in [0.4, 0.5) is 5.69 Å². The standard InChI is InChI=1S/C16H16N2O2/c1-3-10-18(11-12(2)16(19)20)14-8-4-6-13-7-5-9-17-15(13)14/h1,4-9,12H,10-11H2,2H3,(H,19,20). The van der Waals surface area contributed by atoms with Gasteiger partial charge in [-0.25, -0.2) is 0 Å². The fraction of sp³-hybridized carbons (Fsp3) is 0.250. The van der Waals surface area contributed by atoms with Crippen molar-refractivity contribution in [1.29, 1.82) is 0 Å². The minimum absolute atomic E-state index is 0.354. The average molecular weight is 268 g/mol. The summed E-state index contributed by atoms with van der Waals surface area (Å²) in [5, 5.41) is 10.1. The van der Waals surface area contributed by atoms with Crippen molar-refractivity contribution in [3.63, 3.8) is 0 Å². The van der Waals surface area contributed by atoms with E-state index in [4.69, 9.17) is 11.5 Å². The van der Waals surface area contributed by atoms with Crippen LogP contribution >= 0.6 is 0 Å². The fourth-order valence-corrected chi connectivity index (χ4v) is 2.11. The summed E-state index contributed by atoms with van der Waals surface area (Å²) in [6, 6.07) is 9.66. The number of nitrogens with zero attached hydrogens (tertiary/aromatic N) is 2. The van der Waals surface area contributed by atoms with Crippen molar-refractivity contribution in [2.24, 2.45) is 5.92 Å². The molecule has 4 nitrogen and oxygen atoms in total. The SMILES string of the molecule is C#CCN(CC(C)C(=O)O)c1cccc2cccnc12. The number of para-hydroxylation sites is 1. The Morgan fingerprint density at radius 3 is 2.90 bits per heavy atom. The van der Waals surface area contributed by atoms with E-state index in [0.29, 0.717) is 13.1 Å². The molecule has 0 saturated heterocycles. The average Bonchev–Trinajstić information content (AvgIpc) is 2.46. The number of benzene rings is 1. The molecular formula is C16H16N2O2. The zero-order valence-electron chi connectivity index (χ0n) is 11.3. The Bertz CT molecular complexity index is 656. The molecule has 0 radical (unpaired) electrons. The van der Waals surface area contributed by atoms with Crippen LogP contribution in [-0.2, 0) is 4.79 Å². The second-order valence-electron chi connectivity index (χ2n) is 4.68. The van der Waals surface area contributed by atoms with E-state index in [9.17, 15) is 4.79 Å². The number of carboxylic acid groups (broad SMARTS) is 1. The molecule has 2 aromatic rings. The summed E-state index contributed by atoms with van der Waals surface area (Å²) >= 11 is 0. The van der Waals surface area contributed by atoms with Gasteiger partial charge in [0.25, 0.3) is 0 Å². The van der Waals surface area contributed by atoms with Gasteiger partial charge in [0.2, 0.25) is 0 Å². The summed E-state index contributed by atoms with van der Waals surface area (Å²) in [6.45, 7) is 2.38. The molecule has 0 aliphatic rings. The van der Waals surface area contributed by atoms with E-state index in [1.165, 1.54) is 0 Å². The first-order valence-corrected chi connectivity index (χ1v) is 6.38. The minimum atomic E-state index is -0.833. The van der Waals surface area contributed by atoms with Crippen molar-refractivity contribution in [3.8, 4) is 12.3 Å². The van der Waals surface area contributed by atoms with Gasteiger partial charge in [0.15, 0.2) is 0 Å². The lowest BCUT2D eigenvalue weighted by atomic mass is 10.1. The third-order valence-electron chi connectivity index (χ3n) is 3.15. The first-order valence-electron chi connectivity index (χ1n) is 6.38. The molecule has 0 bridgehead atoms. The van der Waals surface area contributed by atoms with E-state index >= 15 is 0 Å². The third-order valence-corrected chi connectivity index (χ3v) is 3.15. The molecule has 0 amide bonds. The second-order valence-corrected chi connectivity index (χ2v) is 4.68. The lowest BCUT2D eigenvalue weighted by Crippen LogP contribution is -2.32. The molecule has 0 aliphatic carbocycles. The van der Waals surface area contributed by atoms with E-state index in [1.54, 1.807) is 13.1 Å². The predicted octanol–water partition coefficient (Wildman–Crippen LogP) is 2.40. The van der Waals surface area contributed by atoms with Crippen LogP contribution < -0.4 is 4.90 Å². The highest BCUT2D eigenvalue weighted by molar-refractivity contribution is 5.91. The van der Waals surface area contributed by atoms with Gasteiger partial charge in [-0.05, 0) is 12.1 Å². The van der Waals surface area contributed by atoms with Crippen LogP contribution in [-0.4, -0.2) is 29.1 Å². The summed E-state index contributed by atoms with van der Waals surface area (Å²) in [7, 11) is 0. The van der Waals surface area contributed by atoms with Gasteiger partial charge in [-0.1, -0.05) is 31.0 Å². The number of hydrogen-bond donors (Lipinski definition) is 1. The van der Waals surface area contributed by atoms with Crippen LogP contribution in [0.25, 0.3) is 10.9 Å². The highest BCUT2D eigenvalue weighted by Gasteiger charge is 2.17. The topological polar surface area (TPSA) is 53.4 Å². The molecule has 0 spiro atoms. The first kappa shape index (κ1) is 13.9. The Balaban J connectivity index is 2.41. The number of pyridine rings is 1. The van der Waals surface area contributed by atoms with Crippen molar-refractivity contribution in [3.05, 3.63) is 36.5 Å². The lowest BCUT2D eigenvalue weighted by molar-refractivity contribution is -0.140. The number of hydrogen-bond acceptors (Lipinski definition) is 3. The molecular weight excluding hydrogens is 252 g/mol. The number of aromatic nitrogens is 1. The van der Waals surface area contributed by atoms with Gasteiger partial charge in [0.1, 0.15) is 0 Å². The normalized spacial score (nSPS) is 11.8. The van der Waals surface area contributed by atoms with Gasteiger partial charge in [-0.15, -0.1) is 6.42 Å². The fourth-order valence-electron chi connectivity index (χ4n) is 2.11. The van der Waals surface area contributed by atoms with Crippen molar-refractivity contribution < 1.29 is 9.90 Å². The van der Waals surface area contributed by atoms with Gasteiger partial charge in [0.05, 0.1) is 23.7 Å². The molecule has 1 atom stereocenters. The second kappa shape index (κ2) is 6.07. The maximum Gasteiger partial charge on any atom is 0.308 e. The molecule has 0 saturated carbocycles. The monoisotopic (exact) mass is 268 g/mol. The molecule has 1 aromatic heterocycles. The summed E-state index contributed by atoms with van der Waals surface area (Å²) in [4.78, 5) is 17.3. The Kier molecular flexibility index (Phi) is 4.21. The van der Waals surface area contributed by atoms with Gasteiger partial charge in [0, 0.05) is 18.1 Å². The first-order chi connectivity index (χ1) is 9.63. The highest BCUT2D eigenvalue weighted by atomic mass is 16.4. The zero-order chi connectivity index (χ0) is 14.5. The number of rotatable bonds is 5. The van der Waals surface area contributed by atoms with Crippen molar-refractivity contribution in [1.82, 2.24) is 4.98 Å². The number of aliphatic carboxylic acids is 1. The Hall–Kier alpha value is -2.54. The number of fused-ring (bicyclic) bond motifs is 1. The third kappa shape index (κ3) is 2.89. The summed E-state index contributed by atoms with van der Waals surface area (Å²) < 4.78 is 0. The van der Waals surface area contributed by atoms with Crippen LogP contribution in [0.1, 0.15) is 6.92 Å². The smallest absolute Gasteiger partial charge is 0.308 e. The predicted molar refractivity (Wildman–Crippen MR) is 79.6 cm³/mol. The van der Waals surface area contributed by atoms with E-state index in [1.807, 2.05) is 35.2 Å². The minimum Gasteiger partial charge on any atom is -0.481 e. The van der Waals surface area contributed by atoms with E-state index in [-0.39, 0.29) is 0 Å². The summed E-state index contributed by atoms with van der Waals surface area (Å²) in [6.07, 6.45) is 7.13. The number of carbonyl (C=O) groups is 1. The Labute approximate surface area is 118 Å². The van der Waals surface area contributed by atoms with Gasteiger partial charge in [-0.2, -0.15) is 0 Å². The summed E-state index contributed by atoms with van der Waals surface area (Å²) in [5.74, 6) is 1.25. The largest absolute Gasteiger partial charge is 0.481 e. The van der Waals surface area contributed by atoms with E-state index in [0.717, 1.165) is 16.6 Å². The molecule has 102 valence electrons. The van der Waals surface area contributed by atoms with Gasteiger partial charge < -0.3 is 10.0 Å². The molecule has 0 aliphatic heterocycles. The molecule has 1 N–H and O–H groups in total.